The number of aromatic amines is 1. The van der Waals surface area contributed by atoms with Crippen molar-refractivity contribution < 1.29 is 22.1 Å². The molecule has 0 amide bonds. The summed E-state index contributed by atoms with van der Waals surface area (Å²) in [4.78, 5) is 24.4. The van der Waals surface area contributed by atoms with Gasteiger partial charge in [-0.1, -0.05) is 5.92 Å². The fourth-order valence-electron chi connectivity index (χ4n) is 1.91. The first-order chi connectivity index (χ1) is 10.0. The maximum atomic E-state index is 13.4. The lowest BCUT2D eigenvalue weighted by molar-refractivity contribution is -0.0480. The summed E-state index contributed by atoms with van der Waals surface area (Å²) >= 11 is 0. The lowest BCUT2D eigenvalue weighted by Crippen LogP contribution is -2.55. The molecule has 0 aromatic carbocycles. The van der Waals surface area contributed by atoms with E-state index in [1.54, 1.807) is 4.98 Å². The molecule has 108 valence electrons. The highest BCUT2D eigenvalue weighted by Gasteiger charge is 2.54. The van der Waals surface area contributed by atoms with Gasteiger partial charge in [0.15, 0.2) is 11.8 Å². The molecule has 20 heavy (non-hydrogen) atoms. The van der Waals surface area contributed by atoms with Crippen molar-refractivity contribution in [3.05, 3.63) is 32.9 Å². The van der Waals surface area contributed by atoms with Crippen molar-refractivity contribution in [1.82, 2.24) is 9.55 Å². The molecule has 1 aromatic heterocycles. The highest BCUT2D eigenvalue weighted by atomic mass is 19.1. The second-order valence-electron chi connectivity index (χ2n) is 4.20. The first kappa shape index (κ1) is 11.8. The van der Waals surface area contributed by atoms with Crippen LogP contribution in [0.1, 0.15) is 8.97 Å². The average Bonchev–Trinajstić information content (AvgIpc) is 2.67. The third-order valence-electron chi connectivity index (χ3n) is 3.01. The van der Waals surface area contributed by atoms with Crippen LogP contribution < -0.4 is 17.0 Å². The van der Waals surface area contributed by atoms with Crippen LogP contribution in [0.25, 0.3) is 0 Å². The van der Waals surface area contributed by atoms with Gasteiger partial charge < -0.3 is 20.7 Å². The molecular weight excluding hydrogens is 273 g/mol. The Labute approximate surface area is 114 Å². The van der Waals surface area contributed by atoms with Crippen LogP contribution in [0.4, 0.5) is 4.39 Å². The molecule has 1 aliphatic heterocycles. The third kappa shape index (κ3) is 1.95. The van der Waals surface area contributed by atoms with Crippen molar-refractivity contribution >= 4 is 0 Å². The predicted octanol–water partition coefficient (Wildman–Crippen LogP) is -2.74. The molecule has 0 spiro atoms. The Morgan fingerprint density at radius 2 is 2.40 bits per heavy atom. The van der Waals surface area contributed by atoms with Crippen LogP contribution in [0.3, 0.4) is 0 Å². The van der Waals surface area contributed by atoms with E-state index in [0.29, 0.717) is 10.8 Å². The number of aliphatic hydroxyl groups is 2. The Kier molecular flexibility index (Phi) is 2.86. The first-order valence-electron chi connectivity index (χ1n) is 6.36. The lowest BCUT2D eigenvalue weighted by atomic mass is 9.92. The summed E-state index contributed by atoms with van der Waals surface area (Å²) in [6.45, 7) is -3.03. The predicted molar refractivity (Wildman–Crippen MR) is 64.0 cm³/mol. The van der Waals surface area contributed by atoms with Crippen molar-refractivity contribution in [3.63, 3.8) is 0 Å². The Bertz CT molecular complexity index is 752. The molecule has 1 aliphatic rings. The van der Waals surface area contributed by atoms with Crippen LogP contribution >= 0.6 is 0 Å². The number of nitrogens with zero attached hydrogens (tertiary/aromatic N) is 1. The zero-order valence-corrected chi connectivity index (χ0v) is 9.91. The standard InChI is InChI=1S/C11H12FN3O5/c1-2-11(13)7(17)6(4-16)20-9(11)15-3-5(12)8(18)14-10(15)19/h1,3,6-7,9,16-17H,4,13H2,(H,14,18,19)/t6-,7?,9-,11-/m1/s1/i4D2. The largest absolute Gasteiger partial charge is 0.394 e. The normalized spacial score (nSPS) is 35.2. The number of ether oxygens (including phenoxy) is 1. The third-order valence-corrected chi connectivity index (χ3v) is 3.01. The molecular formula is C11H12FN3O5. The monoisotopic (exact) mass is 287 g/mol. The highest BCUT2D eigenvalue weighted by Crippen LogP contribution is 2.35. The van der Waals surface area contributed by atoms with Crippen LogP contribution in [0.2, 0.25) is 0 Å². The number of nitrogens with one attached hydrogen (secondary N) is 1. The van der Waals surface area contributed by atoms with E-state index >= 15 is 0 Å². The van der Waals surface area contributed by atoms with Gasteiger partial charge in [-0.3, -0.25) is 14.3 Å². The summed E-state index contributed by atoms with van der Waals surface area (Å²) in [6, 6.07) is 0. The van der Waals surface area contributed by atoms with Gasteiger partial charge in [0.25, 0.3) is 5.56 Å². The van der Waals surface area contributed by atoms with E-state index in [0.717, 1.165) is 0 Å². The second-order valence-corrected chi connectivity index (χ2v) is 4.20. The molecule has 1 aromatic rings. The molecule has 1 saturated heterocycles. The minimum atomic E-state index is -3.03. The van der Waals surface area contributed by atoms with Crippen LogP contribution in [-0.2, 0) is 4.74 Å². The number of hydrogen-bond acceptors (Lipinski definition) is 6. The number of terminal acetylenes is 1. The maximum Gasteiger partial charge on any atom is 0.330 e. The van der Waals surface area contributed by atoms with E-state index in [1.807, 2.05) is 5.92 Å². The lowest BCUT2D eigenvalue weighted by Gasteiger charge is -2.27. The maximum absolute atomic E-state index is 13.4. The van der Waals surface area contributed by atoms with Crippen molar-refractivity contribution in [2.24, 2.45) is 5.73 Å². The van der Waals surface area contributed by atoms with E-state index in [4.69, 9.17) is 19.6 Å². The second kappa shape index (κ2) is 4.84. The van der Waals surface area contributed by atoms with Gasteiger partial charge in [0.05, 0.1) is 15.5 Å². The van der Waals surface area contributed by atoms with Gasteiger partial charge in [-0.15, -0.1) is 6.42 Å². The molecule has 1 unspecified atom stereocenters. The van der Waals surface area contributed by atoms with Gasteiger partial charge in [0.1, 0.15) is 12.2 Å². The summed E-state index contributed by atoms with van der Waals surface area (Å²) in [6.07, 6.45) is 0.178. The van der Waals surface area contributed by atoms with E-state index in [-0.39, 0.29) is 0 Å². The van der Waals surface area contributed by atoms with Crippen molar-refractivity contribution in [2.45, 2.75) is 24.0 Å². The van der Waals surface area contributed by atoms with E-state index in [2.05, 4.69) is 0 Å². The van der Waals surface area contributed by atoms with E-state index < -0.39 is 47.6 Å². The van der Waals surface area contributed by atoms with Gasteiger partial charge >= 0.3 is 5.69 Å². The van der Waals surface area contributed by atoms with E-state index in [1.165, 1.54) is 0 Å². The molecule has 4 atom stereocenters. The number of halogens is 1. The molecule has 5 N–H and O–H groups in total. The molecule has 0 aliphatic carbocycles. The number of hydrogen-bond donors (Lipinski definition) is 4. The summed E-state index contributed by atoms with van der Waals surface area (Å²) in [5.41, 5.74) is 1.20. The Morgan fingerprint density at radius 1 is 1.75 bits per heavy atom. The SMILES string of the molecule is [2H]C([2H])(O)[C@H]1O[C@@H](n2cc(F)c(=O)[nH]c2=O)[C@@](N)(C#C)C1O. The van der Waals surface area contributed by atoms with Crippen molar-refractivity contribution in [2.75, 3.05) is 6.56 Å². The van der Waals surface area contributed by atoms with E-state index in [9.17, 15) is 24.2 Å². The molecule has 0 bridgehead atoms. The molecule has 1 fully saturated rings. The number of H-pyrrole nitrogens is 1. The van der Waals surface area contributed by atoms with Gasteiger partial charge in [0, 0.05) is 0 Å². The Hall–Kier alpha value is -1.99. The zero-order valence-electron chi connectivity index (χ0n) is 11.9. The van der Waals surface area contributed by atoms with Gasteiger partial charge in [0.2, 0.25) is 5.82 Å². The van der Waals surface area contributed by atoms with Gasteiger partial charge in [-0.05, 0) is 0 Å². The molecule has 9 heteroatoms. The summed E-state index contributed by atoms with van der Waals surface area (Å²) in [5, 5.41) is 19.4. The highest BCUT2D eigenvalue weighted by molar-refractivity contribution is 5.22. The average molecular weight is 287 g/mol. The number of rotatable bonds is 2. The molecule has 0 saturated carbocycles. The van der Waals surface area contributed by atoms with Gasteiger partial charge in [-0.25, -0.2) is 4.79 Å². The molecule has 2 rings (SSSR count). The summed E-state index contributed by atoms with van der Waals surface area (Å²) in [5.74, 6) is 0.613. The summed E-state index contributed by atoms with van der Waals surface area (Å²) in [7, 11) is 0. The fraction of sp³-hybridized carbons (Fsp3) is 0.455. The smallest absolute Gasteiger partial charge is 0.330 e. The minimum absolute atomic E-state index is 0.465. The van der Waals surface area contributed by atoms with Gasteiger partial charge in [-0.2, -0.15) is 4.39 Å². The Balaban J connectivity index is 2.60. The minimum Gasteiger partial charge on any atom is -0.394 e. The number of aliphatic hydroxyl groups excluding tert-OH is 1. The Morgan fingerprint density at radius 3 is 2.95 bits per heavy atom. The van der Waals surface area contributed by atoms with Crippen LogP contribution in [0, 0.1) is 18.2 Å². The van der Waals surface area contributed by atoms with Crippen molar-refractivity contribution in [1.29, 1.82) is 0 Å². The fourth-order valence-corrected chi connectivity index (χ4v) is 1.91. The zero-order chi connectivity index (χ0) is 16.9. The van der Waals surface area contributed by atoms with Crippen molar-refractivity contribution in [3.8, 4) is 12.3 Å². The molecule has 0 radical (unpaired) electrons. The molecule has 8 nitrogen and oxygen atoms in total. The quantitative estimate of drug-likeness (QED) is 0.436. The first-order valence-corrected chi connectivity index (χ1v) is 5.36. The van der Waals surface area contributed by atoms with Crippen LogP contribution in [0.15, 0.2) is 15.8 Å². The van der Waals surface area contributed by atoms with Crippen LogP contribution in [-0.4, -0.2) is 44.1 Å². The number of nitrogens with two attached hydrogens (primary N) is 1. The summed E-state index contributed by atoms with van der Waals surface area (Å²) < 4.78 is 33.3. The topological polar surface area (TPSA) is 131 Å². The van der Waals surface area contributed by atoms with Crippen LogP contribution in [0.5, 0.6) is 0 Å². The number of aromatic nitrogens is 2. The molecule has 2 heterocycles.